The molecule has 0 spiro atoms. The van der Waals surface area contributed by atoms with E-state index in [1.165, 1.54) is 6.07 Å². The Balaban J connectivity index is 2.74. The van der Waals surface area contributed by atoms with Crippen LogP contribution in [0.4, 0.5) is 11.5 Å². The lowest BCUT2D eigenvalue weighted by Crippen LogP contribution is -2.23. The first-order valence-corrected chi connectivity index (χ1v) is 6.40. The number of nitro groups is 1. The molecule has 0 fully saturated rings. The fraction of sp³-hybridized carbons (Fsp3) is 0.545. The molecule has 1 heterocycles. The summed E-state index contributed by atoms with van der Waals surface area (Å²) >= 11 is 3.18. The lowest BCUT2D eigenvalue weighted by atomic mass is 10.2. The van der Waals surface area contributed by atoms with Gasteiger partial charge in [-0.05, 0) is 49.9 Å². The van der Waals surface area contributed by atoms with Crippen molar-refractivity contribution in [1.29, 1.82) is 0 Å². The van der Waals surface area contributed by atoms with Gasteiger partial charge in [-0.15, -0.1) is 0 Å². The van der Waals surface area contributed by atoms with Crippen LogP contribution in [0.25, 0.3) is 0 Å². The molecule has 100 valence electrons. The van der Waals surface area contributed by atoms with E-state index in [1.54, 1.807) is 6.20 Å². The Morgan fingerprint density at radius 2 is 2.28 bits per heavy atom. The fourth-order valence-corrected chi connectivity index (χ4v) is 1.76. The van der Waals surface area contributed by atoms with Crippen molar-refractivity contribution in [2.75, 3.05) is 26.0 Å². The molecule has 0 aromatic carbocycles. The number of halogens is 1. The summed E-state index contributed by atoms with van der Waals surface area (Å²) in [6, 6.07) is 1.58. The van der Waals surface area contributed by atoms with E-state index in [0.717, 1.165) is 13.0 Å². The second-order valence-corrected chi connectivity index (χ2v) is 5.33. The standard InChI is InChI=1S/C11H17BrN4O2/c1-8(4-5-15(2)3)14-11-10(16(17)18)6-9(12)7-13-11/h6-8H,4-5H2,1-3H3,(H,13,14). The van der Waals surface area contributed by atoms with Crippen LogP contribution in [-0.2, 0) is 0 Å². The Morgan fingerprint density at radius 1 is 1.61 bits per heavy atom. The molecule has 0 radical (unpaired) electrons. The molecule has 6 nitrogen and oxygen atoms in total. The number of nitrogens with zero attached hydrogens (tertiary/aromatic N) is 3. The molecule has 0 saturated heterocycles. The van der Waals surface area contributed by atoms with Crippen molar-refractivity contribution < 1.29 is 4.92 Å². The predicted molar refractivity (Wildman–Crippen MR) is 74.8 cm³/mol. The van der Waals surface area contributed by atoms with Crippen molar-refractivity contribution in [3.05, 3.63) is 26.9 Å². The van der Waals surface area contributed by atoms with E-state index in [4.69, 9.17) is 0 Å². The minimum atomic E-state index is -0.432. The molecule has 1 aromatic heterocycles. The minimum Gasteiger partial charge on any atom is -0.362 e. The Hall–Kier alpha value is -1.21. The Kier molecular flexibility index (Phi) is 5.49. The van der Waals surface area contributed by atoms with E-state index >= 15 is 0 Å². The topological polar surface area (TPSA) is 71.3 Å². The number of anilines is 1. The first-order chi connectivity index (χ1) is 8.40. The smallest absolute Gasteiger partial charge is 0.312 e. The average molecular weight is 317 g/mol. The molecule has 0 bridgehead atoms. The molecule has 0 aliphatic heterocycles. The van der Waals surface area contributed by atoms with Gasteiger partial charge < -0.3 is 10.2 Å². The van der Waals surface area contributed by atoms with E-state index in [1.807, 2.05) is 21.0 Å². The van der Waals surface area contributed by atoms with Crippen LogP contribution in [0, 0.1) is 10.1 Å². The van der Waals surface area contributed by atoms with Crippen LogP contribution in [0.2, 0.25) is 0 Å². The van der Waals surface area contributed by atoms with Gasteiger partial charge in [0.2, 0.25) is 5.82 Å². The van der Waals surface area contributed by atoms with E-state index in [9.17, 15) is 10.1 Å². The molecule has 1 rings (SSSR count). The quantitative estimate of drug-likeness (QED) is 0.645. The van der Waals surface area contributed by atoms with Gasteiger partial charge >= 0.3 is 5.69 Å². The van der Waals surface area contributed by atoms with E-state index in [0.29, 0.717) is 10.3 Å². The predicted octanol–water partition coefficient (Wildman–Crippen LogP) is 2.50. The summed E-state index contributed by atoms with van der Waals surface area (Å²) in [7, 11) is 3.99. The highest BCUT2D eigenvalue weighted by atomic mass is 79.9. The molecule has 0 aliphatic carbocycles. The summed E-state index contributed by atoms with van der Waals surface area (Å²) in [5.41, 5.74) is -0.0129. The van der Waals surface area contributed by atoms with Gasteiger partial charge in [-0.2, -0.15) is 0 Å². The van der Waals surface area contributed by atoms with Crippen LogP contribution in [0.1, 0.15) is 13.3 Å². The molecule has 1 unspecified atom stereocenters. The van der Waals surface area contributed by atoms with Crippen molar-refractivity contribution >= 4 is 27.4 Å². The Bertz CT molecular complexity index is 426. The molecular formula is C11H17BrN4O2. The molecule has 0 aliphatic rings. The summed E-state index contributed by atoms with van der Waals surface area (Å²) in [6.45, 7) is 2.90. The van der Waals surface area contributed by atoms with Gasteiger partial charge in [-0.3, -0.25) is 10.1 Å². The zero-order valence-corrected chi connectivity index (χ0v) is 12.3. The molecular weight excluding hydrogens is 300 g/mol. The van der Waals surface area contributed by atoms with Crippen LogP contribution < -0.4 is 5.32 Å². The van der Waals surface area contributed by atoms with Crippen molar-refractivity contribution in [3.63, 3.8) is 0 Å². The van der Waals surface area contributed by atoms with Crippen LogP contribution in [-0.4, -0.2) is 41.5 Å². The van der Waals surface area contributed by atoms with Crippen molar-refractivity contribution in [2.45, 2.75) is 19.4 Å². The van der Waals surface area contributed by atoms with E-state index < -0.39 is 4.92 Å². The van der Waals surface area contributed by atoms with Gasteiger partial charge in [-0.1, -0.05) is 0 Å². The average Bonchev–Trinajstić information content (AvgIpc) is 2.28. The summed E-state index contributed by atoms with van der Waals surface area (Å²) < 4.78 is 0.598. The lowest BCUT2D eigenvalue weighted by molar-refractivity contribution is -0.384. The maximum absolute atomic E-state index is 10.9. The highest BCUT2D eigenvalue weighted by Crippen LogP contribution is 2.25. The summed E-state index contributed by atoms with van der Waals surface area (Å²) in [6.07, 6.45) is 2.44. The lowest BCUT2D eigenvalue weighted by Gasteiger charge is -2.17. The maximum atomic E-state index is 10.9. The molecule has 1 atom stereocenters. The van der Waals surface area contributed by atoms with Crippen LogP contribution in [0.5, 0.6) is 0 Å². The Labute approximate surface area is 115 Å². The van der Waals surface area contributed by atoms with Gasteiger partial charge in [0.25, 0.3) is 0 Å². The highest BCUT2D eigenvalue weighted by molar-refractivity contribution is 9.10. The zero-order valence-electron chi connectivity index (χ0n) is 10.7. The second kappa shape index (κ2) is 6.65. The maximum Gasteiger partial charge on any atom is 0.312 e. The number of nitrogens with one attached hydrogen (secondary N) is 1. The van der Waals surface area contributed by atoms with Gasteiger partial charge in [0, 0.05) is 22.8 Å². The molecule has 1 aromatic rings. The highest BCUT2D eigenvalue weighted by Gasteiger charge is 2.17. The molecule has 1 N–H and O–H groups in total. The minimum absolute atomic E-state index is 0.0129. The fourth-order valence-electron chi connectivity index (χ4n) is 1.44. The van der Waals surface area contributed by atoms with E-state index in [2.05, 4.69) is 31.1 Å². The monoisotopic (exact) mass is 316 g/mol. The molecule has 0 saturated carbocycles. The number of hydrogen-bond donors (Lipinski definition) is 1. The summed E-state index contributed by atoms with van der Waals surface area (Å²) in [4.78, 5) is 16.6. The van der Waals surface area contributed by atoms with Crippen LogP contribution in [0.3, 0.4) is 0 Å². The largest absolute Gasteiger partial charge is 0.362 e. The van der Waals surface area contributed by atoms with Crippen LogP contribution >= 0.6 is 15.9 Å². The third-order valence-electron chi connectivity index (χ3n) is 2.42. The van der Waals surface area contributed by atoms with Crippen molar-refractivity contribution in [2.24, 2.45) is 0 Å². The summed E-state index contributed by atoms with van der Waals surface area (Å²) in [5.74, 6) is 0.314. The molecule has 18 heavy (non-hydrogen) atoms. The second-order valence-electron chi connectivity index (χ2n) is 4.42. The number of pyridine rings is 1. The summed E-state index contributed by atoms with van der Waals surface area (Å²) in [5, 5.41) is 14.0. The first kappa shape index (κ1) is 14.8. The van der Waals surface area contributed by atoms with Crippen molar-refractivity contribution in [1.82, 2.24) is 9.88 Å². The third-order valence-corrected chi connectivity index (χ3v) is 2.86. The third kappa shape index (κ3) is 4.58. The van der Waals surface area contributed by atoms with Gasteiger partial charge in [-0.25, -0.2) is 4.98 Å². The van der Waals surface area contributed by atoms with Gasteiger partial charge in [0.05, 0.1) is 4.92 Å². The first-order valence-electron chi connectivity index (χ1n) is 5.61. The number of hydrogen-bond acceptors (Lipinski definition) is 5. The van der Waals surface area contributed by atoms with Crippen molar-refractivity contribution in [3.8, 4) is 0 Å². The number of aromatic nitrogens is 1. The number of rotatable bonds is 6. The van der Waals surface area contributed by atoms with Gasteiger partial charge in [0.1, 0.15) is 0 Å². The normalized spacial score (nSPS) is 12.5. The zero-order chi connectivity index (χ0) is 13.7. The van der Waals surface area contributed by atoms with Gasteiger partial charge in [0.15, 0.2) is 0 Å². The molecule has 7 heteroatoms. The molecule has 0 amide bonds. The van der Waals surface area contributed by atoms with E-state index in [-0.39, 0.29) is 11.7 Å². The Morgan fingerprint density at radius 3 is 2.83 bits per heavy atom. The van der Waals surface area contributed by atoms with Crippen LogP contribution in [0.15, 0.2) is 16.7 Å². The SMILES string of the molecule is CC(CCN(C)C)Nc1ncc(Br)cc1[N+](=O)[O-].